The topological polar surface area (TPSA) is 73.8 Å². The zero-order valence-corrected chi connectivity index (χ0v) is 20.0. The second-order valence-corrected chi connectivity index (χ2v) is 10.9. The van der Waals surface area contributed by atoms with E-state index in [-0.39, 0.29) is 6.54 Å². The van der Waals surface area contributed by atoms with Crippen molar-refractivity contribution in [3.8, 4) is 0 Å². The van der Waals surface area contributed by atoms with Gasteiger partial charge in [-0.3, -0.25) is 4.99 Å². The number of sulfonamides is 1. The van der Waals surface area contributed by atoms with E-state index < -0.39 is 27.2 Å². The van der Waals surface area contributed by atoms with Gasteiger partial charge >= 0.3 is 0 Å². The van der Waals surface area contributed by atoms with E-state index in [4.69, 9.17) is 0 Å². The number of amidine groups is 1. The molecule has 9 heteroatoms. The molecule has 1 saturated heterocycles. The second-order valence-electron chi connectivity index (χ2n) is 9.00. The second kappa shape index (κ2) is 9.12. The van der Waals surface area contributed by atoms with Gasteiger partial charge in [0, 0.05) is 32.2 Å². The van der Waals surface area contributed by atoms with Gasteiger partial charge in [-0.05, 0) is 62.4 Å². The van der Waals surface area contributed by atoms with Crippen LogP contribution in [0.4, 0.5) is 8.78 Å². The molecule has 0 radical (unpaired) electrons. The predicted molar refractivity (Wildman–Crippen MR) is 125 cm³/mol. The van der Waals surface area contributed by atoms with Gasteiger partial charge in [0.2, 0.25) is 10.0 Å². The molecule has 0 atom stereocenters. The minimum Gasteiger partial charge on any atom is -0.368 e. The largest absolute Gasteiger partial charge is 0.368 e. The zero-order chi connectivity index (χ0) is 23.8. The summed E-state index contributed by atoms with van der Waals surface area (Å²) in [5, 5.41) is 6.77. The predicted octanol–water partition coefficient (Wildman–Crippen LogP) is 3.20. The monoisotopic (exact) mass is 476 g/mol. The fraction of sp³-hybridized carbons (Fsp3) is 0.458. The molecule has 0 amide bonds. The molecule has 33 heavy (non-hydrogen) atoms. The quantitative estimate of drug-likeness (QED) is 0.711. The van der Waals surface area contributed by atoms with E-state index in [0.29, 0.717) is 49.5 Å². The van der Waals surface area contributed by atoms with Crippen molar-refractivity contribution in [1.82, 2.24) is 14.9 Å². The summed E-state index contributed by atoms with van der Waals surface area (Å²) in [5.41, 5.74) is 2.57. The molecule has 1 spiro atoms. The maximum absolute atomic E-state index is 13.5. The lowest BCUT2D eigenvalue weighted by molar-refractivity contribution is 0.241. The Morgan fingerprint density at radius 2 is 1.64 bits per heavy atom. The molecule has 4 rings (SSSR count). The summed E-state index contributed by atoms with van der Waals surface area (Å²) in [7, 11) is -3.62. The Balaban J connectivity index is 1.50. The molecule has 2 heterocycles. The van der Waals surface area contributed by atoms with Crippen LogP contribution in [0.15, 0.2) is 40.2 Å². The Kier molecular flexibility index (Phi) is 6.57. The smallest absolute Gasteiger partial charge is 0.243 e. The average molecular weight is 477 g/mol. The lowest BCUT2D eigenvalue weighted by atomic mass is 9.85. The summed E-state index contributed by atoms with van der Waals surface area (Å²) in [6.45, 7) is 7.88. The van der Waals surface area contributed by atoms with Gasteiger partial charge in [0.25, 0.3) is 0 Å². The average Bonchev–Trinajstić information content (AvgIpc) is 2.72. The minimum absolute atomic E-state index is 0.237. The number of piperidine rings is 1. The highest BCUT2D eigenvalue weighted by Gasteiger charge is 2.43. The fourth-order valence-electron chi connectivity index (χ4n) is 5.05. The van der Waals surface area contributed by atoms with Crippen LogP contribution >= 0.6 is 0 Å². The van der Waals surface area contributed by atoms with Gasteiger partial charge in [-0.25, -0.2) is 17.2 Å². The standard InChI is InChI=1S/C24H30F2N4O2S/c1-16-10-17(2)22(18(3)11-16)33(31,32)30-8-4-24(5-9-30)23(27-6-7-29-24)28-15-19-12-20(25)14-21(26)13-19/h10-14,29H,4-9,15H2,1-3H3,(H,27,28). The van der Waals surface area contributed by atoms with Crippen molar-refractivity contribution in [2.75, 3.05) is 26.2 Å². The number of benzene rings is 2. The lowest BCUT2D eigenvalue weighted by Crippen LogP contribution is -2.64. The molecule has 2 aliphatic rings. The molecule has 2 aliphatic heterocycles. The number of nitrogens with zero attached hydrogens (tertiary/aromatic N) is 2. The molecular weight excluding hydrogens is 446 g/mol. The van der Waals surface area contributed by atoms with Crippen LogP contribution in [0.3, 0.4) is 0 Å². The van der Waals surface area contributed by atoms with Gasteiger partial charge in [0.15, 0.2) is 0 Å². The highest BCUT2D eigenvalue weighted by molar-refractivity contribution is 7.89. The Bertz CT molecular complexity index is 1150. The molecule has 0 unspecified atom stereocenters. The van der Waals surface area contributed by atoms with Gasteiger partial charge in [-0.2, -0.15) is 4.31 Å². The van der Waals surface area contributed by atoms with Crippen LogP contribution in [0.5, 0.6) is 0 Å². The summed E-state index contributed by atoms with van der Waals surface area (Å²) in [6, 6.07) is 7.23. The van der Waals surface area contributed by atoms with E-state index >= 15 is 0 Å². The van der Waals surface area contributed by atoms with Crippen molar-refractivity contribution >= 4 is 15.9 Å². The fourth-order valence-corrected chi connectivity index (χ4v) is 6.90. The molecule has 0 bridgehead atoms. The Morgan fingerprint density at radius 3 is 2.24 bits per heavy atom. The van der Waals surface area contributed by atoms with Crippen molar-refractivity contribution in [2.24, 2.45) is 4.99 Å². The highest BCUT2D eigenvalue weighted by atomic mass is 32.2. The molecule has 2 N–H and O–H groups in total. The first-order chi connectivity index (χ1) is 15.6. The van der Waals surface area contributed by atoms with Crippen LogP contribution in [0.25, 0.3) is 0 Å². The SMILES string of the molecule is Cc1cc(C)c(S(=O)(=O)N2CCC3(CC2)NCCN=C3NCc2cc(F)cc(F)c2)c(C)c1. The Labute approximate surface area is 194 Å². The van der Waals surface area contributed by atoms with Crippen molar-refractivity contribution in [3.05, 3.63) is 64.2 Å². The third-order valence-electron chi connectivity index (χ3n) is 6.46. The first kappa shape index (κ1) is 23.8. The summed E-state index contributed by atoms with van der Waals surface area (Å²) >= 11 is 0. The molecule has 0 saturated carbocycles. The highest BCUT2D eigenvalue weighted by Crippen LogP contribution is 2.31. The molecule has 1 fully saturated rings. The van der Waals surface area contributed by atoms with Crippen LogP contribution in [0, 0.1) is 32.4 Å². The van der Waals surface area contributed by atoms with Gasteiger partial charge in [0.05, 0.1) is 17.0 Å². The molecule has 2 aromatic carbocycles. The van der Waals surface area contributed by atoms with Crippen molar-refractivity contribution in [1.29, 1.82) is 0 Å². The number of hydrogen-bond donors (Lipinski definition) is 2. The van der Waals surface area contributed by atoms with E-state index in [1.54, 1.807) is 4.31 Å². The van der Waals surface area contributed by atoms with Crippen molar-refractivity contribution in [3.63, 3.8) is 0 Å². The summed E-state index contributed by atoms with van der Waals surface area (Å²) in [6.07, 6.45) is 1.11. The van der Waals surface area contributed by atoms with Gasteiger partial charge in [-0.1, -0.05) is 17.7 Å². The molecule has 178 valence electrons. The first-order valence-corrected chi connectivity index (χ1v) is 12.6. The summed E-state index contributed by atoms with van der Waals surface area (Å²) in [5.74, 6) is -0.519. The van der Waals surface area contributed by atoms with Crippen molar-refractivity contribution in [2.45, 2.75) is 50.6 Å². The number of halogens is 2. The van der Waals surface area contributed by atoms with Crippen LogP contribution in [-0.2, 0) is 16.6 Å². The number of nitrogens with one attached hydrogen (secondary N) is 2. The van der Waals surface area contributed by atoms with Crippen LogP contribution in [-0.4, -0.2) is 50.3 Å². The maximum atomic E-state index is 13.5. The summed E-state index contributed by atoms with van der Waals surface area (Å²) < 4.78 is 55.6. The first-order valence-electron chi connectivity index (χ1n) is 11.2. The zero-order valence-electron chi connectivity index (χ0n) is 19.2. The molecule has 0 aromatic heterocycles. The number of aliphatic imine (C=N–C) groups is 1. The Hall–Kier alpha value is -2.36. The summed E-state index contributed by atoms with van der Waals surface area (Å²) in [4.78, 5) is 5.03. The van der Waals surface area contributed by atoms with E-state index in [1.807, 2.05) is 32.9 Å². The van der Waals surface area contributed by atoms with E-state index in [9.17, 15) is 17.2 Å². The molecule has 2 aromatic rings. The maximum Gasteiger partial charge on any atom is 0.243 e. The van der Waals surface area contributed by atoms with Gasteiger partial charge in [-0.15, -0.1) is 0 Å². The van der Waals surface area contributed by atoms with Gasteiger partial charge < -0.3 is 10.6 Å². The van der Waals surface area contributed by atoms with E-state index in [2.05, 4.69) is 15.6 Å². The number of hydrogen-bond acceptors (Lipinski definition) is 5. The third-order valence-corrected chi connectivity index (χ3v) is 8.66. The number of rotatable bonds is 4. The minimum atomic E-state index is -3.62. The molecule has 6 nitrogen and oxygen atoms in total. The molecule has 0 aliphatic carbocycles. The third kappa shape index (κ3) is 4.81. The lowest BCUT2D eigenvalue weighted by Gasteiger charge is -2.44. The van der Waals surface area contributed by atoms with E-state index in [0.717, 1.165) is 28.6 Å². The van der Waals surface area contributed by atoms with Gasteiger partial charge in [0.1, 0.15) is 17.5 Å². The van der Waals surface area contributed by atoms with Crippen LogP contribution in [0.1, 0.15) is 35.1 Å². The van der Waals surface area contributed by atoms with Crippen LogP contribution < -0.4 is 10.6 Å². The molecular formula is C24H30F2N4O2S. The van der Waals surface area contributed by atoms with E-state index in [1.165, 1.54) is 12.1 Å². The normalized spacial score (nSPS) is 18.9. The van der Waals surface area contributed by atoms with Crippen molar-refractivity contribution < 1.29 is 17.2 Å². The number of aryl methyl sites for hydroxylation is 3. The van der Waals surface area contributed by atoms with Crippen LogP contribution in [0.2, 0.25) is 0 Å². The Morgan fingerprint density at radius 1 is 1.03 bits per heavy atom.